The van der Waals surface area contributed by atoms with Crippen LogP contribution in [0.5, 0.6) is 5.75 Å². The van der Waals surface area contributed by atoms with Gasteiger partial charge in [0.25, 0.3) is 0 Å². The van der Waals surface area contributed by atoms with Gasteiger partial charge in [-0.25, -0.2) is 0 Å². The standard InChI is InChI=1S/C21H24N4O2S/c1-4-24(5-2)20(26)19(16-11-7-6-8-12-16)28-21-23-22-15-25(21)17-13-9-10-14-18(17)27-3/h6-15,19H,4-5H2,1-3H3/t19-/m1/s1. The van der Waals surface area contributed by atoms with E-state index in [9.17, 15) is 4.79 Å². The van der Waals surface area contributed by atoms with Crippen molar-refractivity contribution in [2.45, 2.75) is 24.3 Å². The number of para-hydroxylation sites is 2. The highest BCUT2D eigenvalue weighted by molar-refractivity contribution is 8.00. The molecule has 6 nitrogen and oxygen atoms in total. The van der Waals surface area contributed by atoms with Crippen molar-refractivity contribution in [2.24, 2.45) is 0 Å². The third kappa shape index (κ3) is 4.20. The van der Waals surface area contributed by atoms with Crippen LogP contribution in [0.25, 0.3) is 5.69 Å². The first-order chi connectivity index (χ1) is 13.7. The zero-order valence-electron chi connectivity index (χ0n) is 16.3. The van der Waals surface area contributed by atoms with Gasteiger partial charge in [-0.2, -0.15) is 0 Å². The van der Waals surface area contributed by atoms with Gasteiger partial charge in [-0.3, -0.25) is 9.36 Å². The number of hydrogen-bond donors (Lipinski definition) is 0. The third-order valence-corrected chi connectivity index (χ3v) is 5.68. The summed E-state index contributed by atoms with van der Waals surface area (Å²) in [6.07, 6.45) is 1.64. The molecule has 2 aromatic carbocycles. The quantitative estimate of drug-likeness (QED) is 0.539. The lowest BCUT2D eigenvalue weighted by Crippen LogP contribution is -2.34. The summed E-state index contributed by atoms with van der Waals surface area (Å²) in [5, 5.41) is 8.59. The van der Waals surface area contributed by atoms with Crippen LogP contribution in [0.3, 0.4) is 0 Å². The molecule has 1 amide bonds. The number of hydrogen-bond acceptors (Lipinski definition) is 5. The molecule has 7 heteroatoms. The highest BCUT2D eigenvalue weighted by Gasteiger charge is 2.28. The number of amides is 1. The summed E-state index contributed by atoms with van der Waals surface area (Å²) >= 11 is 1.40. The molecule has 28 heavy (non-hydrogen) atoms. The predicted molar refractivity (Wildman–Crippen MR) is 111 cm³/mol. The highest BCUT2D eigenvalue weighted by Crippen LogP contribution is 2.37. The maximum absolute atomic E-state index is 13.2. The Kier molecular flexibility index (Phi) is 6.71. The van der Waals surface area contributed by atoms with Gasteiger partial charge in [-0.1, -0.05) is 54.2 Å². The normalized spacial score (nSPS) is 11.8. The van der Waals surface area contributed by atoms with Gasteiger partial charge in [0, 0.05) is 13.1 Å². The van der Waals surface area contributed by atoms with E-state index in [2.05, 4.69) is 10.2 Å². The van der Waals surface area contributed by atoms with E-state index in [1.807, 2.05) is 77.9 Å². The van der Waals surface area contributed by atoms with E-state index in [4.69, 9.17) is 4.74 Å². The van der Waals surface area contributed by atoms with Crippen LogP contribution in [-0.2, 0) is 4.79 Å². The highest BCUT2D eigenvalue weighted by atomic mass is 32.2. The van der Waals surface area contributed by atoms with E-state index in [0.717, 1.165) is 17.0 Å². The SMILES string of the molecule is CCN(CC)C(=O)[C@H](Sc1nncn1-c1ccccc1OC)c1ccccc1. The molecule has 0 aliphatic rings. The van der Waals surface area contributed by atoms with Crippen LogP contribution in [-0.4, -0.2) is 45.8 Å². The van der Waals surface area contributed by atoms with Crippen LogP contribution in [0.4, 0.5) is 0 Å². The van der Waals surface area contributed by atoms with Crippen LogP contribution in [0.1, 0.15) is 24.7 Å². The number of carbonyl (C=O) groups excluding carboxylic acids is 1. The number of nitrogens with zero attached hydrogens (tertiary/aromatic N) is 4. The smallest absolute Gasteiger partial charge is 0.240 e. The maximum Gasteiger partial charge on any atom is 0.240 e. The number of rotatable bonds is 8. The summed E-state index contributed by atoms with van der Waals surface area (Å²) in [5.74, 6) is 0.784. The molecule has 0 bridgehead atoms. The van der Waals surface area contributed by atoms with Crippen molar-refractivity contribution in [3.63, 3.8) is 0 Å². The number of thioether (sulfide) groups is 1. The van der Waals surface area contributed by atoms with Gasteiger partial charge in [0.05, 0.1) is 12.8 Å². The Labute approximate surface area is 169 Å². The van der Waals surface area contributed by atoms with Crippen molar-refractivity contribution in [1.29, 1.82) is 0 Å². The fourth-order valence-corrected chi connectivity index (χ4v) is 4.10. The number of carbonyl (C=O) groups is 1. The fourth-order valence-electron chi connectivity index (χ4n) is 2.99. The Balaban J connectivity index is 1.99. The maximum atomic E-state index is 13.2. The van der Waals surface area contributed by atoms with E-state index < -0.39 is 5.25 Å². The number of aromatic nitrogens is 3. The average Bonchev–Trinajstić information content (AvgIpc) is 3.21. The van der Waals surface area contributed by atoms with Gasteiger partial charge in [0.2, 0.25) is 5.91 Å². The van der Waals surface area contributed by atoms with Crippen LogP contribution in [0.2, 0.25) is 0 Å². The van der Waals surface area contributed by atoms with Gasteiger partial charge < -0.3 is 9.64 Å². The molecular formula is C21H24N4O2S. The molecule has 1 aromatic heterocycles. The van der Waals surface area contributed by atoms with Crippen molar-refractivity contribution >= 4 is 17.7 Å². The minimum absolute atomic E-state index is 0.0655. The third-order valence-electron chi connectivity index (χ3n) is 4.49. The second kappa shape index (κ2) is 9.41. The van der Waals surface area contributed by atoms with Gasteiger partial charge in [0.15, 0.2) is 5.16 Å². The molecule has 1 heterocycles. The van der Waals surface area contributed by atoms with E-state index in [0.29, 0.717) is 18.2 Å². The first kappa shape index (κ1) is 19.9. The monoisotopic (exact) mass is 396 g/mol. The van der Waals surface area contributed by atoms with Crippen molar-refractivity contribution in [2.75, 3.05) is 20.2 Å². The molecule has 0 saturated carbocycles. The molecule has 0 unspecified atom stereocenters. The van der Waals surface area contributed by atoms with E-state index in [1.54, 1.807) is 13.4 Å². The lowest BCUT2D eigenvalue weighted by molar-refractivity contribution is -0.130. The van der Waals surface area contributed by atoms with Crippen LogP contribution < -0.4 is 4.74 Å². The summed E-state index contributed by atoms with van der Waals surface area (Å²) < 4.78 is 7.33. The van der Waals surface area contributed by atoms with Crippen molar-refractivity contribution in [3.8, 4) is 11.4 Å². The van der Waals surface area contributed by atoms with Crippen molar-refractivity contribution < 1.29 is 9.53 Å². The summed E-state index contributed by atoms with van der Waals surface area (Å²) in [6.45, 7) is 5.31. The number of methoxy groups -OCH3 is 1. The summed E-state index contributed by atoms with van der Waals surface area (Å²) in [7, 11) is 1.63. The lowest BCUT2D eigenvalue weighted by Gasteiger charge is -2.25. The number of likely N-dealkylation sites (N-methyl/N-ethyl adjacent to an activating group) is 1. The molecule has 0 saturated heterocycles. The Hall–Kier alpha value is -2.80. The number of benzene rings is 2. The molecule has 0 N–H and O–H groups in total. The summed E-state index contributed by atoms with van der Waals surface area (Å²) in [6, 6.07) is 17.5. The largest absolute Gasteiger partial charge is 0.495 e. The Morgan fingerprint density at radius 1 is 1.11 bits per heavy atom. The summed E-state index contributed by atoms with van der Waals surface area (Å²) in [5.41, 5.74) is 1.78. The lowest BCUT2D eigenvalue weighted by atomic mass is 10.1. The molecule has 3 aromatic rings. The van der Waals surface area contributed by atoms with Crippen LogP contribution in [0.15, 0.2) is 66.1 Å². The predicted octanol–water partition coefficient (Wildman–Crippen LogP) is 3.98. The molecular weight excluding hydrogens is 372 g/mol. The van der Waals surface area contributed by atoms with Gasteiger partial charge in [-0.15, -0.1) is 10.2 Å². The summed E-state index contributed by atoms with van der Waals surface area (Å²) in [4.78, 5) is 15.1. The Morgan fingerprint density at radius 3 is 2.46 bits per heavy atom. The van der Waals surface area contributed by atoms with E-state index in [1.165, 1.54) is 11.8 Å². The zero-order chi connectivity index (χ0) is 19.9. The minimum Gasteiger partial charge on any atom is -0.495 e. The van der Waals surface area contributed by atoms with E-state index >= 15 is 0 Å². The molecule has 0 aliphatic heterocycles. The van der Waals surface area contributed by atoms with Gasteiger partial charge in [-0.05, 0) is 31.5 Å². The minimum atomic E-state index is -0.404. The first-order valence-electron chi connectivity index (χ1n) is 9.23. The Bertz CT molecular complexity index is 910. The molecule has 0 fully saturated rings. The topological polar surface area (TPSA) is 60.2 Å². The second-order valence-electron chi connectivity index (χ2n) is 6.07. The first-order valence-corrected chi connectivity index (χ1v) is 10.1. The molecule has 3 rings (SSSR count). The molecule has 146 valence electrons. The zero-order valence-corrected chi connectivity index (χ0v) is 17.1. The molecule has 0 aliphatic carbocycles. The number of ether oxygens (including phenoxy) is 1. The van der Waals surface area contributed by atoms with Crippen LogP contribution in [0, 0.1) is 0 Å². The molecule has 0 spiro atoms. The fraction of sp³-hybridized carbons (Fsp3) is 0.286. The van der Waals surface area contributed by atoms with E-state index in [-0.39, 0.29) is 5.91 Å². The Morgan fingerprint density at radius 2 is 1.79 bits per heavy atom. The second-order valence-corrected chi connectivity index (χ2v) is 7.15. The van der Waals surface area contributed by atoms with Gasteiger partial charge >= 0.3 is 0 Å². The van der Waals surface area contributed by atoms with Crippen molar-refractivity contribution in [3.05, 3.63) is 66.5 Å². The van der Waals surface area contributed by atoms with Gasteiger partial charge in [0.1, 0.15) is 17.3 Å². The van der Waals surface area contributed by atoms with Crippen molar-refractivity contribution in [1.82, 2.24) is 19.7 Å². The average molecular weight is 397 g/mol. The molecule has 0 radical (unpaired) electrons. The molecule has 1 atom stereocenters. The van der Waals surface area contributed by atoms with Crippen LogP contribution >= 0.6 is 11.8 Å².